The van der Waals surface area contributed by atoms with Crippen LogP contribution in [0.2, 0.25) is 5.02 Å². The van der Waals surface area contributed by atoms with Gasteiger partial charge >= 0.3 is 6.03 Å². The zero-order valence-corrected chi connectivity index (χ0v) is 13.0. The van der Waals surface area contributed by atoms with Crippen LogP contribution >= 0.6 is 11.6 Å². The quantitative estimate of drug-likeness (QED) is 0.887. The number of amides is 2. The lowest BCUT2D eigenvalue weighted by atomic mass is 9.97. The fourth-order valence-electron chi connectivity index (χ4n) is 2.86. The summed E-state index contributed by atoms with van der Waals surface area (Å²) in [4.78, 5) is 18.7. The normalized spacial score (nSPS) is 18.0. The number of halogens is 1. The highest BCUT2D eigenvalue weighted by molar-refractivity contribution is 6.30. The summed E-state index contributed by atoms with van der Waals surface area (Å²) in [7, 11) is 0. The molecule has 1 saturated heterocycles. The first-order valence-electron chi connectivity index (χ1n) is 7.47. The molecule has 2 amide bonds. The van der Waals surface area contributed by atoms with Crippen molar-refractivity contribution in [2.24, 2.45) is 0 Å². The number of benzene rings is 1. The van der Waals surface area contributed by atoms with E-state index in [9.17, 15) is 4.79 Å². The van der Waals surface area contributed by atoms with Crippen molar-refractivity contribution in [3.8, 4) is 0 Å². The predicted molar refractivity (Wildman–Crippen MR) is 88.0 cm³/mol. The molecular weight excluding hydrogens is 298 g/mol. The van der Waals surface area contributed by atoms with Crippen molar-refractivity contribution in [1.82, 2.24) is 9.88 Å². The lowest BCUT2D eigenvalue weighted by Gasteiger charge is -2.35. The van der Waals surface area contributed by atoms with E-state index in [0.717, 1.165) is 31.4 Å². The van der Waals surface area contributed by atoms with Crippen LogP contribution in [0.4, 0.5) is 10.5 Å². The van der Waals surface area contributed by atoms with Gasteiger partial charge in [0.25, 0.3) is 0 Å². The summed E-state index contributed by atoms with van der Waals surface area (Å²) in [5, 5.41) is 3.55. The Labute approximate surface area is 135 Å². The molecule has 1 aliphatic rings. The molecule has 1 fully saturated rings. The Balaban J connectivity index is 1.77. The summed E-state index contributed by atoms with van der Waals surface area (Å²) in [6, 6.07) is 11.1. The Morgan fingerprint density at radius 2 is 2.18 bits per heavy atom. The second-order valence-electron chi connectivity index (χ2n) is 5.43. The van der Waals surface area contributed by atoms with E-state index in [1.165, 1.54) is 0 Å². The van der Waals surface area contributed by atoms with Crippen LogP contribution in [-0.4, -0.2) is 22.5 Å². The maximum atomic E-state index is 12.6. The van der Waals surface area contributed by atoms with E-state index in [1.54, 1.807) is 18.3 Å². The summed E-state index contributed by atoms with van der Waals surface area (Å²) in [5.41, 5.74) is 1.80. The van der Waals surface area contributed by atoms with Crippen LogP contribution < -0.4 is 5.32 Å². The Morgan fingerprint density at radius 3 is 2.95 bits per heavy atom. The average Bonchev–Trinajstić information content (AvgIpc) is 2.56. The Hall–Kier alpha value is -2.07. The summed E-state index contributed by atoms with van der Waals surface area (Å²) in [6.45, 7) is 0.756. The number of piperidine rings is 1. The molecule has 22 heavy (non-hydrogen) atoms. The second-order valence-corrected chi connectivity index (χ2v) is 5.87. The van der Waals surface area contributed by atoms with Gasteiger partial charge in [-0.3, -0.25) is 4.98 Å². The molecule has 114 valence electrons. The number of hydrogen-bond donors (Lipinski definition) is 1. The fraction of sp³-hybridized carbons (Fsp3) is 0.294. The predicted octanol–water partition coefficient (Wildman–Crippen LogP) is 4.49. The summed E-state index contributed by atoms with van der Waals surface area (Å²) < 4.78 is 0. The van der Waals surface area contributed by atoms with Gasteiger partial charge in [0.15, 0.2) is 0 Å². The van der Waals surface area contributed by atoms with Gasteiger partial charge in [0.2, 0.25) is 0 Å². The van der Waals surface area contributed by atoms with Crippen molar-refractivity contribution in [2.75, 3.05) is 11.9 Å². The number of nitrogens with one attached hydrogen (secondary N) is 1. The highest BCUT2D eigenvalue weighted by Gasteiger charge is 2.28. The van der Waals surface area contributed by atoms with Crippen LogP contribution in [-0.2, 0) is 0 Å². The van der Waals surface area contributed by atoms with Gasteiger partial charge in [0, 0.05) is 29.6 Å². The molecule has 0 unspecified atom stereocenters. The van der Waals surface area contributed by atoms with Crippen molar-refractivity contribution in [2.45, 2.75) is 25.3 Å². The van der Waals surface area contributed by atoms with E-state index in [2.05, 4.69) is 10.3 Å². The smallest absolute Gasteiger partial charge is 0.317 e. The second kappa shape index (κ2) is 6.79. The minimum Gasteiger partial charge on any atom is -0.317 e. The molecule has 1 atom stereocenters. The molecule has 2 heterocycles. The third-order valence-electron chi connectivity index (χ3n) is 3.91. The van der Waals surface area contributed by atoms with Gasteiger partial charge in [0.05, 0.1) is 6.04 Å². The number of carbonyl (C=O) groups excluding carboxylic acids is 1. The number of pyridine rings is 1. The first-order chi connectivity index (χ1) is 10.7. The van der Waals surface area contributed by atoms with E-state index in [-0.39, 0.29) is 12.1 Å². The minimum atomic E-state index is -0.0872. The number of rotatable bonds is 2. The monoisotopic (exact) mass is 315 g/mol. The van der Waals surface area contributed by atoms with Crippen molar-refractivity contribution in [1.29, 1.82) is 0 Å². The van der Waals surface area contributed by atoms with E-state index in [1.807, 2.05) is 35.4 Å². The van der Waals surface area contributed by atoms with Gasteiger partial charge in [-0.05, 0) is 49.1 Å². The summed E-state index contributed by atoms with van der Waals surface area (Å²) >= 11 is 5.97. The zero-order valence-electron chi connectivity index (χ0n) is 12.2. The van der Waals surface area contributed by atoms with E-state index >= 15 is 0 Å². The van der Waals surface area contributed by atoms with Crippen LogP contribution in [0.1, 0.15) is 30.9 Å². The van der Waals surface area contributed by atoms with Crippen molar-refractivity contribution >= 4 is 23.3 Å². The van der Waals surface area contributed by atoms with E-state index in [4.69, 9.17) is 11.6 Å². The van der Waals surface area contributed by atoms with Crippen LogP contribution in [0.15, 0.2) is 48.8 Å². The van der Waals surface area contributed by atoms with Crippen molar-refractivity contribution in [3.63, 3.8) is 0 Å². The molecule has 1 aliphatic heterocycles. The molecule has 0 aliphatic carbocycles. The van der Waals surface area contributed by atoms with Crippen LogP contribution in [0.25, 0.3) is 0 Å². The largest absolute Gasteiger partial charge is 0.322 e. The highest BCUT2D eigenvalue weighted by Crippen LogP contribution is 2.31. The third-order valence-corrected chi connectivity index (χ3v) is 4.14. The molecule has 0 bridgehead atoms. The molecule has 2 aromatic rings. The van der Waals surface area contributed by atoms with Gasteiger partial charge in [-0.1, -0.05) is 23.7 Å². The van der Waals surface area contributed by atoms with Gasteiger partial charge in [-0.25, -0.2) is 4.79 Å². The SMILES string of the molecule is O=C(Nc1cccc(Cl)c1)N1CCCC[C@H]1c1cccnc1. The molecule has 0 spiro atoms. The number of carbonyl (C=O) groups is 1. The summed E-state index contributed by atoms with van der Waals surface area (Å²) in [6.07, 6.45) is 6.72. The highest BCUT2D eigenvalue weighted by atomic mass is 35.5. The number of aromatic nitrogens is 1. The number of urea groups is 1. The number of nitrogens with zero attached hydrogens (tertiary/aromatic N) is 2. The minimum absolute atomic E-state index is 0.0848. The van der Waals surface area contributed by atoms with Crippen molar-refractivity contribution in [3.05, 3.63) is 59.4 Å². The zero-order chi connectivity index (χ0) is 15.4. The average molecular weight is 316 g/mol. The topological polar surface area (TPSA) is 45.2 Å². The van der Waals surface area contributed by atoms with Gasteiger partial charge < -0.3 is 10.2 Å². The fourth-order valence-corrected chi connectivity index (χ4v) is 3.05. The Bertz CT molecular complexity index is 647. The molecule has 3 rings (SSSR count). The number of likely N-dealkylation sites (tertiary alicyclic amines) is 1. The molecule has 0 saturated carbocycles. The Morgan fingerprint density at radius 1 is 1.27 bits per heavy atom. The van der Waals surface area contributed by atoms with E-state index in [0.29, 0.717) is 10.7 Å². The first kappa shape index (κ1) is 14.9. The molecule has 1 N–H and O–H groups in total. The third kappa shape index (κ3) is 3.39. The van der Waals surface area contributed by atoms with Crippen LogP contribution in [0.5, 0.6) is 0 Å². The molecule has 1 aromatic carbocycles. The first-order valence-corrected chi connectivity index (χ1v) is 7.85. The molecule has 5 heteroatoms. The molecule has 1 aromatic heterocycles. The molecule has 4 nitrogen and oxygen atoms in total. The van der Waals surface area contributed by atoms with Crippen LogP contribution in [0.3, 0.4) is 0 Å². The molecule has 0 radical (unpaired) electrons. The maximum absolute atomic E-state index is 12.6. The van der Waals surface area contributed by atoms with Gasteiger partial charge in [-0.15, -0.1) is 0 Å². The van der Waals surface area contributed by atoms with Crippen LogP contribution in [0, 0.1) is 0 Å². The summed E-state index contributed by atoms with van der Waals surface area (Å²) in [5.74, 6) is 0. The standard InChI is InChI=1S/C17H18ClN3O/c18-14-6-3-7-15(11-14)20-17(22)21-10-2-1-8-16(21)13-5-4-9-19-12-13/h3-7,9,11-12,16H,1-2,8,10H2,(H,20,22)/t16-/m0/s1. The van der Waals surface area contributed by atoms with Gasteiger partial charge in [-0.2, -0.15) is 0 Å². The van der Waals surface area contributed by atoms with Gasteiger partial charge in [0.1, 0.15) is 0 Å². The number of anilines is 1. The lowest BCUT2D eigenvalue weighted by Crippen LogP contribution is -2.41. The van der Waals surface area contributed by atoms with Crippen molar-refractivity contribution < 1.29 is 4.79 Å². The lowest BCUT2D eigenvalue weighted by molar-refractivity contribution is 0.163. The maximum Gasteiger partial charge on any atom is 0.322 e. The van der Waals surface area contributed by atoms with E-state index < -0.39 is 0 Å². The number of hydrogen-bond acceptors (Lipinski definition) is 2. The Kier molecular flexibility index (Phi) is 4.59. The molecular formula is C17H18ClN3O.